The molecule has 4 N–H and O–H groups in total. The van der Waals surface area contributed by atoms with E-state index in [0.29, 0.717) is 57.8 Å². The molecule has 0 radical (unpaired) electrons. The minimum Gasteiger partial charge on any atom is -0.413 e. The third-order valence-electron chi connectivity index (χ3n) is 9.66. The smallest absolute Gasteiger partial charge is 0.192 e. The highest BCUT2D eigenvalue weighted by Crippen LogP contribution is 2.38. The zero-order valence-corrected chi connectivity index (χ0v) is 39.8. The Morgan fingerprint density at radius 1 is 0.545 bits per heavy atom. The van der Waals surface area contributed by atoms with Crippen LogP contribution in [0.3, 0.4) is 0 Å². The molecule has 0 aliphatic heterocycles. The molecule has 0 spiro atoms. The number of halogens is 1. The van der Waals surface area contributed by atoms with E-state index in [9.17, 15) is 0 Å². The molecule has 0 aliphatic rings. The number of aliphatic hydroxyl groups excluding tert-OH is 2. The van der Waals surface area contributed by atoms with E-state index in [1.165, 1.54) is 11.1 Å². The van der Waals surface area contributed by atoms with Crippen molar-refractivity contribution in [1.82, 2.24) is 0 Å². The van der Waals surface area contributed by atoms with E-state index in [-0.39, 0.29) is 18.3 Å². The number of aryl methyl sites for hydroxylation is 1. The SMILES string of the molecule is CC(C)(C)[Si](C)(C)Cl.CCCOCCOCCNc1cc(CC)cc(CO[Si](C)(C)C(C)(C)C)c1.CCCOCCOCCNc1cc(CO)cc(CO)c1. The van der Waals surface area contributed by atoms with E-state index in [1.54, 1.807) is 6.07 Å². The van der Waals surface area contributed by atoms with Crippen molar-refractivity contribution < 1.29 is 33.6 Å². The molecule has 0 fully saturated rings. The number of benzene rings is 2. The quantitative estimate of drug-likeness (QED) is 0.0467. The predicted octanol–water partition coefficient (Wildman–Crippen LogP) is 10.4. The van der Waals surface area contributed by atoms with Gasteiger partial charge in [-0.1, -0.05) is 87.5 Å². The molecule has 0 unspecified atom stereocenters. The van der Waals surface area contributed by atoms with Gasteiger partial charge in [-0.2, -0.15) is 11.1 Å². The number of nitrogens with one attached hydrogen (secondary N) is 2. The molecule has 0 saturated heterocycles. The third kappa shape index (κ3) is 25.5. The van der Waals surface area contributed by atoms with Crippen LogP contribution in [0.15, 0.2) is 36.4 Å². The number of ether oxygens (including phenoxy) is 4. The van der Waals surface area contributed by atoms with Gasteiger partial charge in [0.1, 0.15) is 0 Å². The molecule has 2 aromatic rings. The van der Waals surface area contributed by atoms with Crippen LogP contribution in [0.4, 0.5) is 11.4 Å². The monoisotopic (exact) mass is 829 g/mol. The highest BCUT2D eigenvalue weighted by molar-refractivity contribution is 7.20. The summed E-state index contributed by atoms with van der Waals surface area (Å²) in [7, 11) is -3.12. The Bertz CT molecular complexity index is 1230. The Kier molecular flexibility index (Phi) is 28.0. The van der Waals surface area contributed by atoms with E-state index < -0.39 is 15.7 Å². The highest BCUT2D eigenvalue weighted by Gasteiger charge is 2.37. The zero-order valence-electron chi connectivity index (χ0n) is 37.1. The molecule has 0 bridgehead atoms. The van der Waals surface area contributed by atoms with Crippen LogP contribution in [0.25, 0.3) is 0 Å². The van der Waals surface area contributed by atoms with Gasteiger partial charge in [-0.25, -0.2) is 0 Å². The predicted molar refractivity (Wildman–Crippen MR) is 240 cm³/mol. The summed E-state index contributed by atoms with van der Waals surface area (Å²) in [6, 6.07) is 12.2. The van der Waals surface area contributed by atoms with Gasteiger partial charge in [-0.3, -0.25) is 0 Å². The maximum Gasteiger partial charge on any atom is 0.192 e. The van der Waals surface area contributed by atoms with Crippen molar-refractivity contribution in [3.8, 4) is 0 Å². The van der Waals surface area contributed by atoms with E-state index in [1.807, 2.05) is 12.1 Å². The van der Waals surface area contributed by atoms with Crippen LogP contribution in [0.5, 0.6) is 0 Å². The fraction of sp³-hybridized carbons (Fsp3) is 0.721. The van der Waals surface area contributed by atoms with Gasteiger partial charge in [-0.05, 0) is 89.0 Å². The van der Waals surface area contributed by atoms with Gasteiger partial charge in [0.15, 0.2) is 15.7 Å². The minimum absolute atomic E-state index is 0.0339. The molecule has 12 heteroatoms. The summed E-state index contributed by atoms with van der Waals surface area (Å²) < 4.78 is 28.2. The summed E-state index contributed by atoms with van der Waals surface area (Å²) in [5.41, 5.74) is 6.18. The average molecular weight is 830 g/mol. The lowest BCUT2D eigenvalue weighted by atomic mass is 10.1. The van der Waals surface area contributed by atoms with Crippen LogP contribution in [0.1, 0.15) is 97.4 Å². The molecular formula is C43H81ClN2O7Si2. The second-order valence-corrected chi connectivity index (χ2v) is 28.9. The molecule has 0 aromatic heterocycles. The van der Waals surface area contributed by atoms with Crippen molar-refractivity contribution in [2.24, 2.45) is 0 Å². The second kappa shape index (κ2) is 28.8. The van der Waals surface area contributed by atoms with Crippen LogP contribution < -0.4 is 10.6 Å². The maximum atomic E-state index is 9.15. The zero-order chi connectivity index (χ0) is 42.0. The van der Waals surface area contributed by atoms with E-state index in [0.717, 1.165) is 61.5 Å². The molecule has 9 nitrogen and oxygen atoms in total. The Labute approximate surface area is 343 Å². The Morgan fingerprint density at radius 3 is 1.25 bits per heavy atom. The Balaban J connectivity index is 0.000000910. The van der Waals surface area contributed by atoms with Crippen molar-refractivity contribution >= 4 is 38.2 Å². The number of hydrogen-bond acceptors (Lipinski definition) is 9. The van der Waals surface area contributed by atoms with Crippen molar-refractivity contribution in [1.29, 1.82) is 0 Å². The van der Waals surface area contributed by atoms with Crippen molar-refractivity contribution in [3.63, 3.8) is 0 Å². The first-order chi connectivity index (χ1) is 25.7. The van der Waals surface area contributed by atoms with Gasteiger partial charge in [0, 0.05) is 37.7 Å². The van der Waals surface area contributed by atoms with E-state index in [2.05, 4.69) is 117 Å². The maximum absolute atomic E-state index is 9.15. The van der Waals surface area contributed by atoms with Gasteiger partial charge in [-0.15, -0.1) is 0 Å². The third-order valence-corrected chi connectivity index (χ3v) is 19.4. The first-order valence-electron chi connectivity index (χ1n) is 20.3. The molecule has 0 saturated carbocycles. The van der Waals surface area contributed by atoms with Gasteiger partial charge < -0.3 is 44.2 Å². The van der Waals surface area contributed by atoms with Crippen LogP contribution in [0.2, 0.25) is 36.3 Å². The van der Waals surface area contributed by atoms with Crippen LogP contribution >= 0.6 is 11.1 Å². The first kappa shape index (κ1) is 53.5. The van der Waals surface area contributed by atoms with Crippen LogP contribution in [-0.2, 0) is 49.6 Å². The first-order valence-corrected chi connectivity index (χ1v) is 27.3. The lowest BCUT2D eigenvalue weighted by Crippen LogP contribution is -2.40. The van der Waals surface area contributed by atoms with E-state index >= 15 is 0 Å². The summed E-state index contributed by atoms with van der Waals surface area (Å²) in [5, 5.41) is 25.6. The topological polar surface area (TPSA) is 111 Å². The number of aliphatic hydroxyl groups is 2. The molecule has 2 rings (SSSR count). The molecule has 0 amide bonds. The molecular weight excluding hydrogens is 748 g/mol. The average Bonchev–Trinajstić information content (AvgIpc) is 3.12. The summed E-state index contributed by atoms with van der Waals surface area (Å²) in [6.45, 7) is 36.3. The molecule has 2 aromatic carbocycles. The molecule has 55 heavy (non-hydrogen) atoms. The van der Waals surface area contributed by atoms with Gasteiger partial charge >= 0.3 is 0 Å². The van der Waals surface area contributed by atoms with E-state index in [4.69, 9.17) is 44.7 Å². The van der Waals surface area contributed by atoms with Crippen molar-refractivity contribution in [2.45, 2.75) is 138 Å². The fourth-order valence-corrected chi connectivity index (χ4v) is 5.11. The van der Waals surface area contributed by atoms with Crippen LogP contribution in [-0.4, -0.2) is 91.9 Å². The summed E-state index contributed by atoms with van der Waals surface area (Å²) >= 11 is 6.15. The Hall–Kier alpha value is -1.52. The lowest BCUT2D eigenvalue weighted by Gasteiger charge is -2.36. The second-order valence-electron chi connectivity index (χ2n) is 16.8. The molecule has 0 heterocycles. The molecule has 0 atom stereocenters. The minimum atomic E-state index is -1.74. The largest absolute Gasteiger partial charge is 0.413 e. The molecule has 0 aliphatic carbocycles. The number of rotatable bonds is 24. The van der Waals surface area contributed by atoms with Gasteiger partial charge in [0.2, 0.25) is 0 Å². The van der Waals surface area contributed by atoms with Crippen molar-refractivity contribution in [2.75, 3.05) is 76.6 Å². The number of hydrogen-bond donors (Lipinski definition) is 4. The summed E-state index contributed by atoms with van der Waals surface area (Å²) in [5.74, 6) is 0. The normalized spacial score (nSPS) is 12.1. The summed E-state index contributed by atoms with van der Waals surface area (Å²) in [6.07, 6.45) is 3.10. The lowest BCUT2D eigenvalue weighted by molar-refractivity contribution is 0.0519. The van der Waals surface area contributed by atoms with Gasteiger partial charge in [0.05, 0.1) is 59.5 Å². The van der Waals surface area contributed by atoms with Gasteiger partial charge in [0.25, 0.3) is 0 Å². The van der Waals surface area contributed by atoms with Crippen LogP contribution in [0, 0.1) is 0 Å². The molecule has 320 valence electrons. The standard InChI is InChI=1S/C22H41NO3Si.C15H25NO4.C6H15ClSi/c1-8-11-24-13-14-25-12-10-23-21-16-19(9-2)15-20(17-21)18-26-27(6,7)22(3,4)5;1-2-4-19-6-7-20-5-3-16-15-9-13(11-17)8-14(10-15)12-18;1-6(2,3)8(4,5)7/h15-17,23H,8-14,18H2,1-7H3;8-10,16-18H,2-7,11-12H2,1H3;1-5H3. The fourth-order valence-electron chi connectivity index (χ4n) is 4.15. The number of anilines is 2. The van der Waals surface area contributed by atoms with Crippen molar-refractivity contribution in [3.05, 3.63) is 58.7 Å². The summed E-state index contributed by atoms with van der Waals surface area (Å²) in [4.78, 5) is 0. The Morgan fingerprint density at radius 2 is 0.909 bits per heavy atom. The highest BCUT2D eigenvalue weighted by atomic mass is 35.6.